The van der Waals surface area contributed by atoms with Crippen LogP contribution >= 0.6 is 0 Å². The number of ether oxygens (including phenoxy) is 1. The average molecular weight is 354 g/mol. The first-order valence-electron chi connectivity index (χ1n) is 8.77. The molecule has 0 radical (unpaired) electrons. The van der Waals surface area contributed by atoms with E-state index in [1.165, 1.54) is 13.0 Å². The van der Waals surface area contributed by atoms with Gasteiger partial charge in [0.05, 0.1) is 11.5 Å². The summed E-state index contributed by atoms with van der Waals surface area (Å²) in [6, 6.07) is 14.4. The van der Waals surface area contributed by atoms with E-state index < -0.39 is 4.92 Å². The fourth-order valence-corrected chi connectivity index (χ4v) is 3.31. The van der Waals surface area contributed by atoms with E-state index in [1.54, 1.807) is 12.1 Å². The summed E-state index contributed by atoms with van der Waals surface area (Å²) < 4.78 is 5.85. The number of rotatable bonds is 6. The highest BCUT2D eigenvalue weighted by molar-refractivity contribution is 5.95. The molecule has 3 rings (SSSR count). The monoisotopic (exact) mass is 354 g/mol. The summed E-state index contributed by atoms with van der Waals surface area (Å²) in [6.45, 7) is 3.46. The van der Waals surface area contributed by atoms with E-state index in [-0.39, 0.29) is 11.5 Å². The second-order valence-corrected chi connectivity index (χ2v) is 6.60. The largest absolute Gasteiger partial charge is 0.493 e. The number of piperidine rings is 1. The molecular formula is C20H22N2O4. The molecular weight excluding hydrogens is 332 g/mol. The molecule has 1 aliphatic rings. The van der Waals surface area contributed by atoms with Gasteiger partial charge < -0.3 is 9.64 Å². The summed E-state index contributed by atoms with van der Waals surface area (Å²) in [5, 5.41) is 11.5. The molecule has 0 amide bonds. The number of hydrogen-bond donors (Lipinski definition) is 0. The number of benzene rings is 2. The molecule has 0 aliphatic carbocycles. The van der Waals surface area contributed by atoms with Crippen molar-refractivity contribution >= 4 is 17.2 Å². The summed E-state index contributed by atoms with van der Waals surface area (Å²) in [5.74, 6) is 0.963. The molecule has 0 spiro atoms. The van der Waals surface area contributed by atoms with Crippen molar-refractivity contribution in [3.8, 4) is 5.75 Å². The van der Waals surface area contributed by atoms with Gasteiger partial charge in [-0.1, -0.05) is 18.2 Å². The van der Waals surface area contributed by atoms with Crippen molar-refractivity contribution in [2.24, 2.45) is 5.92 Å². The van der Waals surface area contributed by atoms with E-state index in [9.17, 15) is 14.9 Å². The van der Waals surface area contributed by atoms with Gasteiger partial charge >= 0.3 is 0 Å². The fraction of sp³-hybridized carbons (Fsp3) is 0.350. The molecule has 26 heavy (non-hydrogen) atoms. The lowest BCUT2D eigenvalue weighted by molar-refractivity contribution is -0.384. The molecule has 6 heteroatoms. The first-order valence-corrected chi connectivity index (χ1v) is 8.77. The van der Waals surface area contributed by atoms with Gasteiger partial charge in [0, 0.05) is 30.6 Å². The van der Waals surface area contributed by atoms with Gasteiger partial charge in [0.1, 0.15) is 11.4 Å². The lowest BCUT2D eigenvalue weighted by atomic mass is 9.97. The maximum atomic E-state index is 11.5. The number of nitro benzene ring substituents is 1. The summed E-state index contributed by atoms with van der Waals surface area (Å²) in [7, 11) is 0. The molecule has 136 valence electrons. The minimum absolute atomic E-state index is 0.0117. The van der Waals surface area contributed by atoms with E-state index in [2.05, 4.69) is 0 Å². The van der Waals surface area contributed by atoms with Crippen LogP contribution in [0.3, 0.4) is 0 Å². The highest BCUT2D eigenvalue weighted by Crippen LogP contribution is 2.32. The van der Waals surface area contributed by atoms with Crippen LogP contribution < -0.4 is 9.64 Å². The Morgan fingerprint density at radius 3 is 2.73 bits per heavy atom. The number of anilines is 1. The Kier molecular flexibility index (Phi) is 5.51. The Bertz CT molecular complexity index is 792. The van der Waals surface area contributed by atoms with Gasteiger partial charge in [0.15, 0.2) is 5.78 Å². The average Bonchev–Trinajstić information content (AvgIpc) is 2.67. The van der Waals surface area contributed by atoms with Gasteiger partial charge in [-0.3, -0.25) is 14.9 Å². The molecule has 2 aromatic rings. The smallest absolute Gasteiger partial charge is 0.293 e. The first-order chi connectivity index (χ1) is 12.5. The molecule has 0 N–H and O–H groups in total. The predicted octanol–water partition coefficient (Wildman–Crippen LogP) is 4.09. The third-order valence-corrected chi connectivity index (χ3v) is 4.67. The fourth-order valence-electron chi connectivity index (χ4n) is 3.31. The molecule has 1 fully saturated rings. The lowest BCUT2D eigenvalue weighted by Crippen LogP contribution is -2.38. The zero-order valence-corrected chi connectivity index (χ0v) is 14.8. The molecule has 1 atom stereocenters. The topological polar surface area (TPSA) is 72.7 Å². The zero-order valence-electron chi connectivity index (χ0n) is 14.8. The Hall–Kier alpha value is -2.89. The Morgan fingerprint density at radius 1 is 1.27 bits per heavy atom. The summed E-state index contributed by atoms with van der Waals surface area (Å²) in [5.41, 5.74) is 0.924. The maximum Gasteiger partial charge on any atom is 0.293 e. The van der Waals surface area contributed by atoms with Crippen LogP contribution in [0.5, 0.6) is 5.75 Å². The van der Waals surface area contributed by atoms with Crippen molar-refractivity contribution in [1.82, 2.24) is 0 Å². The Labute approximate surface area is 152 Å². The van der Waals surface area contributed by atoms with Crippen molar-refractivity contribution in [3.63, 3.8) is 0 Å². The van der Waals surface area contributed by atoms with Crippen LogP contribution in [0.25, 0.3) is 0 Å². The van der Waals surface area contributed by atoms with Gasteiger partial charge in [-0.2, -0.15) is 0 Å². The van der Waals surface area contributed by atoms with Crippen molar-refractivity contribution < 1.29 is 14.5 Å². The van der Waals surface area contributed by atoms with Gasteiger partial charge in [0.25, 0.3) is 5.69 Å². The van der Waals surface area contributed by atoms with Gasteiger partial charge in [-0.05, 0) is 44.0 Å². The standard InChI is InChI=1S/C20H22N2O4/c1-15(23)17-9-10-19(20(12-17)22(24)25)21-11-5-6-16(13-21)14-26-18-7-3-2-4-8-18/h2-4,7-10,12,16H,5-6,11,13-14H2,1H3. The number of nitrogens with zero attached hydrogens (tertiary/aromatic N) is 2. The number of ketones is 1. The third kappa shape index (κ3) is 4.20. The summed E-state index contributed by atoms with van der Waals surface area (Å²) in [4.78, 5) is 24.6. The van der Waals surface area contributed by atoms with Gasteiger partial charge in [-0.15, -0.1) is 0 Å². The van der Waals surface area contributed by atoms with E-state index >= 15 is 0 Å². The van der Waals surface area contributed by atoms with E-state index in [4.69, 9.17) is 4.74 Å². The van der Waals surface area contributed by atoms with Crippen molar-refractivity contribution in [2.45, 2.75) is 19.8 Å². The third-order valence-electron chi connectivity index (χ3n) is 4.67. The van der Waals surface area contributed by atoms with Crippen LogP contribution in [0, 0.1) is 16.0 Å². The van der Waals surface area contributed by atoms with E-state index in [1.807, 2.05) is 35.2 Å². The van der Waals surface area contributed by atoms with Crippen LogP contribution in [0.1, 0.15) is 30.1 Å². The molecule has 1 heterocycles. The molecule has 1 unspecified atom stereocenters. The number of hydrogen-bond acceptors (Lipinski definition) is 5. The predicted molar refractivity (Wildman–Crippen MR) is 100.0 cm³/mol. The minimum Gasteiger partial charge on any atom is -0.493 e. The Balaban J connectivity index is 1.72. The van der Waals surface area contributed by atoms with Gasteiger partial charge in [0.2, 0.25) is 0 Å². The quantitative estimate of drug-likeness (QED) is 0.444. The Morgan fingerprint density at radius 2 is 2.04 bits per heavy atom. The van der Waals surface area contributed by atoms with Crippen molar-refractivity contribution in [1.29, 1.82) is 0 Å². The first kappa shape index (κ1) is 17.9. The number of carbonyl (C=O) groups is 1. The molecule has 2 aromatic carbocycles. The van der Waals surface area contributed by atoms with Crippen LogP contribution in [0.15, 0.2) is 48.5 Å². The van der Waals surface area contributed by atoms with E-state index in [0.29, 0.717) is 30.3 Å². The number of nitro groups is 1. The van der Waals surface area contributed by atoms with Gasteiger partial charge in [-0.25, -0.2) is 0 Å². The second-order valence-electron chi connectivity index (χ2n) is 6.60. The SMILES string of the molecule is CC(=O)c1ccc(N2CCCC(COc3ccccc3)C2)c([N+](=O)[O-])c1. The van der Waals surface area contributed by atoms with Crippen LogP contribution in [0.4, 0.5) is 11.4 Å². The molecule has 1 saturated heterocycles. The van der Waals surface area contributed by atoms with Crippen molar-refractivity contribution in [3.05, 3.63) is 64.2 Å². The molecule has 0 aromatic heterocycles. The van der Waals surface area contributed by atoms with Crippen molar-refractivity contribution in [2.75, 3.05) is 24.6 Å². The number of para-hydroxylation sites is 1. The van der Waals surface area contributed by atoms with E-state index in [0.717, 1.165) is 25.1 Å². The van der Waals surface area contributed by atoms with Crippen LogP contribution in [-0.4, -0.2) is 30.4 Å². The number of carbonyl (C=O) groups excluding carboxylic acids is 1. The summed E-state index contributed by atoms with van der Waals surface area (Å²) >= 11 is 0. The maximum absolute atomic E-state index is 11.5. The normalized spacial score (nSPS) is 17.0. The molecule has 0 bridgehead atoms. The van der Waals surface area contributed by atoms with Crippen LogP contribution in [-0.2, 0) is 0 Å². The number of Topliss-reactive ketones (excluding diaryl/α,β-unsaturated/α-hetero) is 1. The lowest BCUT2D eigenvalue weighted by Gasteiger charge is -2.34. The molecule has 0 saturated carbocycles. The minimum atomic E-state index is -0.411. The molecule has 6 nitrogen and oxygen atoms in total. The highest BCUT2D eigenvalue weighted by Gasteiger charge is 2.26. The summed E-state index contributed by atoms with van der Waals surface area (Å²) in [6.07, 6.45) is 1.98. The zero-order chi connectivity index (χ0) is 18.5. The van der Waals surface area contributed by atoms with Crippen LogP contribution in [0.2, 0.25) is 0 Å². The highest BCUT2D eigenvalue weighted by atomic mass is 16.6. The molecule has 1 aliphatic heterocycles. The second kappa shape index (κ2) is 7.99.